The number of hydrogen-bond acceptors (Lipinski definition) is 3. The molecule has 7 rings (SSSR count). The van der Waals surface area contributed by atoms with E-state index in [1.165, 1.54) is 5.56 Å². The quantitative estimate of drug-likeness (QED) is 0.138. The SMILES string of the molecule is Cc1ccc(N(c2c(C)cc(C)c(-c3cccc(C(=O)c4c(C)cccc4C)c3)c2C)c2c(C)cc(C)c(-c3cccc(C(=O)c4c(C)cccc4C)c3)c2C)cc1. The summed E-state index contributed by atoms with van der Waals surface area (Å²) >= 11 is 0. The third kappa shape index (κ3) is 7.22. The lowest BCUT2D eigenvalue weighted by Crippen LogP contribution is -2.17. The summed E-state index contributed by atoms with van der Waals surface area (Å²) in [4.78, 5) is 30.5. The van der Waals surface area contributed by atoms with Crippen molar-refractivity contribution in [2.45, 2.75) is 76.2 Å². The van der Waals surface area contributed by atoms with Crippen molar-refractivity contribution in [1.82, 2.24) is 0 Å². The summed E-state index contributed by atoms with van der Waals surface area (Å²) < 4.78 is 0. The Balaban J connectivity index is 1.42. The van der Waals surface area contributed by atoms with E-state index in [-0.39, 0.29) is 11.6 Å². The summed E-state index contributed by atoms with van der Waals surface area (Å²) in [6, 6.07) is 41.6. The van der Waals surface area contributed by atoms with Gasteiger partial charge in [-0.25, -0.2) is 0 Å². The predicted molar refractivity (Wildman–Crippen MR) is 244 cm³/mol. The van der Waals surface area contributed by atoms with Crippen LogP contribution in [0.5, 0.6) is 0 Å². The minimum Gasteiger partial charge on any atom is -0.309 e. The minimum absolute atomic E-state index is 0.0413. The number of aryl methyl sites for hydroxylation is 9. The Morgan fingerprint density at radius 3 is 1.12 bits per heavy atom. The fourth-order valence-electron chi connectivity index (χ4n) is 9.26. The van der Waals surface area contributed by atoms with Crippen LogP contribution in [0.15, 0.2) is 121 Å². The zero-order chi connectivity index (χ0) is 41.6. The number of benzene rings is 7. The summed E-state index contributed by atoms with van der Waals surface area (Å²) in [5, 5.41) is 0. The van der Waals surface area contributed by atoms with Gasteiger partial charge in [0.15, 0.2) is 11.6 Å². The van der Waals surface area contributed by atoms with Crippen LogP contribution in [0.4, 0.5) is 17.1 Å². The zero-order valence-electron chi connectivity index (χ0n) is 35.8. The van der Waals surface area contributed by atoms with Crippen molar-refractivity contribution in [2.24, 2.45) is 0 Å². The van der Waals surface area contributed by atoms with Gasteiger partial charge in [-0.3, -0.25) is 9.59 Å². The van der Waals surface area contributed by atoms with Crippen LogP contribution in [0.3, 0.4) is 0 Å². The predicted octanol–water partition coefficient (Wildman–Crippen LogP) is 14.3. The number of nitrogens with zero attached hydrogens (tertiary/aromatic N) is 1. The van der Waals surface area contributed by atoms with Gasteiger partial charge in [0.2, 0.25) is 0 Å². The Bertz CT molecular complexity index is 2560. The van der Waals surface area contributed by atoms with Crippen molar-refractivity contribution in [1.29, 1.82) is 0 Å². The molecule has 0 aliphatic rings. The fraction of sp³-hybridized carbons (Fsp3) is 0.200. The first-order chi connectivity index (χ1) is 27.7. The number of rotatable bonds is 9. The van der Waals surface area contributed by atoms with E-state index in [9.17, 15) is 9.59 Å². The molecule has 0 saturated heterocycles. The highest BCUT2D eigenvalue weighted by Gasteiger charge is 2.26. The molecule has 0 N–H and O–H groups in total. The van der Waals surface area contributed by atoms with Gasteiger partial charge in [0, 0.05) is 27.9 Å². The summed E-state index contributed by atoms with van der Waals surface area (Å²) in [5.74, 6) is 0.0826. The lowest BCUT2D eigenvalue weighted by molar-refractivity contribution is 0.103. The van der Waals surface area contributed by atoms with Gasteiger partial charge in [-0.1, -0.05) is 103 Å². The summed E-state index contributed by atoms with van der Waals surface area (Å²) in [7, 11) is 0. The average molecular weight is 760 g/mol. The molecule has 290 valence electrons. The van der Waals surface area contributed by atoms with Gasteiger partial charge in [-0.15, -0.1) is 0 Å². The second-order valence-electron chi connectivity index (χ2n) is 16.2. The molecule has 0 amide bonds. The van der Waals surface area contributed by atoms with E-state index in [0.717, 1.165) is 106 Å². The number of carbonyl (C=O) groups excluding carboxylic acids is 2. The number of carbonyl (C=O) groups is 2. The first-order valence-electron chi connectivity index (χ1n) is 20.2. The highest BCUT2D eigenvalue weighted by Crippen LogP contribution is 2.48. The summed E-state index contributed by atoms with van der Waals surface area (Å²) in [6.45, 7) is 23.3. The summed E-state index contributed by atoms with van der Waals surface area (Å²) in [6.07, 6.45) is 0. The molecule has 0 radical (unpaired) electrons. The molecule has 0 aromatic heterocycles. The first-order valence-corrected chi connectivity index (χ1v) is 20.2. The molecular weight excluding hydrogens is 707 g/mol. The monoisotopic (exact) mass is 759 g/mol. The van der Waals surface area contributed by atoms with Gasteiger partial charge in [0.1, 0.15) is 0 Å². The van der Waals surface area contributed by atoms with Gasteiger partial charge in [0.05, 0.1) is 11.4 Å². The molecular formula is C55H53NO2. The van der Waals surface area contributed by atoms with Crippen LogP contribution in [-0.4, -0.2) is 11.6 Å². The van der Waals surface area contributed by atoms with Crippen molar-refractivity contribution in [2.75, 3.05) is 4.90 Å². The maximum absolute atomic E-state index is 14.1. The van der Waals surface area contributed by atoms with Gasteiger partial charge < -0.3 is 4.90 Å². The van der Waals surface area contributed by atoms with Crippen LogP contribution < -0.4 is 4.90 Å². The van der Waals surface area contributed by atoms with Crippen LogP contribution >= 0.6 is 0 Å². The molecule has 0 bridgehead atoms. The van der Waals surface area contributed by atoms with E-state index < -0.39 is 0 Å². The Hall–Kier alpha value is -6.32. The standard InChI is InChI=1S/C55H53NO2/c1-32-24-26-47(27-25-32)56(52-39(8)28-37(6)50(41(52)10)43-20-14-22-45(30-43)54(57)48-33(2)16-12-17-34(48)3)53-40(9)29-38(7)51(42(53)11)44-21-15-23-46(31-44)55(58)49-35(4)18-13-19-36(49)5/h12-31H,1-11H3. The van der Waals surface area contributed by atoms with Gasteiger partial charge >= 0.3 is 0 Å². The number of ketones is 2. The van der Waals surface area contributed by atoms with Gasteiger partial charge in [-0.2, -0.15) is 0 Å². The van der Waals surface area contributed by atoms with Crippen molar-refractivity contribution in [3.63, 3.8) is 0 Å². The van der Waals surface area contributed by atoms with E-state index in [1.807, 2.05) is 88.4 Å². The molecule has 0 heterocycles. The zero-order valence-corrected chi connectivity index (χ0v) is 35.8. The largest absolute Gasteiger partial charge is 0.309 e. The number of anilines is 3. The van der Waals surface area contributed by atoms with E-state index >= 15 is 0 Å². The molecule has 0 aliphatic carbocycles. The Kier molecular flexibility index (Phi) is 10.9. The molecule has 0 saturated carbocycles. The van der Waals surface area contributed by atoms with Crippen LogP contribution in [0.25, 0.3) is 22.3 Å². The molecule has 0 fully saturated rings. The molecule has 0 atom stereocenters. The van der Waals surface area contributed by atoms with Gasteiger partial charge in [-0.05, 0) is 178 Å². The Morgan fingerprint density at radius 1 is 0.379 bits per heavy atom. The van der Waals surface area contributed by atoms with Crippen LogP contribution in [0.2, 0.25) is 0 Å². The molecule has 0 aliphatic heterocycles. The number of hydrogen-bond donors (Lipinski definition) is 0. The Morgan fingerprint density at radius 2 is 0.741 bits per heavy atom. The van der Waals surface area contributed by atoms with E-state index in [0.29, 0.717) is 11.1 Å². The third-order valence-corrected chi connectivity index (χ3v) is 11.8. The molecule has 3 nitrogen and oxygen atoms in total. The maximum atomic E-state index is 14.1. The average Bonchev–Trinajstić information content (AvgIpc) is 3.17. The molecule has 58 heavy (non-hydrogen) atoms. The minimum atomic E-state index is 0.0413. The molecule has 7 aromatic rings. The Labute approximate surface area is 345 Å². The normalized spacial score (nSPS) is 11.2. The molecule has 0 spiro atoms. The van der Waals surface area contributed by atoms with E-state index in [4.69, 9.17) is 0 Å². The van der Waals surface area contributed by atoms with Gasteiger partial charge in [0.25, 0.3) is 0 Å². The van der Waals surface area contributed by atoms with E-state index in [1.54, 1.807) is 0 Å². The van der Waals surface area contributed by atoms with Crippen LogP contribution in [0.1, 0.15) is 93.0 Å². The lowest BCUT2D eigenvalue weighted by Gasteiger charge is -2.34. The molecule has 7 aromatic carbocycles. The van der Waals surface area contributed by atoms with Crippen molar-refractivity contribution < 1.29 is 9.59 Å². The van der Waals surface area contributed by atoms with Crippen molar-refractivity contribution >= 4 is 28.6 Å². The first kappa shape index (κ1) is 39.9. The maximum Gasteiger partial charge on any atom is 0.193 e. The van der Waals surface area contributed by atoms with Crippen LogP contribution in [-0.2, 0) is 0 Å². The van der Waals surface area contributed by atoms with E-state index in [2.05, 4.69) is 114 Å². The summed E-state index contributed by atoms with van der Waals surface area (Å²) in [5.41, 5.74) is 22.5. The highest BCUT2D eigenvalue weighted by molar-refractivity contribution is 6.12. The highest BCUT2D eigenvalue weighted by atomic mass is 16.1. The van der Waals surface area contributed by atoms with Crippen molar-refractivity contribution in [3.05, 3.63) is 205 Å². The topological polar surface area (TPSA) is 37.4 Å². The van der Waals surface area contributed by atoms with Crippen molar-refractivity contribution in [3.8, 4) is 22.3 Å². The second kappa shape index (κ2) is 15.9. The smallest absolute Gasteiger partial charge is 0.193 e. The molecule has 0 unspecified atom stereocenters. The van der Waals surface area contributed by atoms with Crippen LogP contribution in [0, 0.1) is 76.2 Å². The third-order valence-electron chi connectivity index (χ3n) is 11.8. The second-order valence-corrected chi connectivity index (χ2v) is 16.2. The molecule has 3 heteroatoms. The fourth-order valence-corrected chi connectivity index (χ4v) is 9.26. The lowest BCUT2D eigenvalue weighted by atomic mass is 9.87.